The summed E-state index contributed by atoms with van der Waals surface area (Å²) in [6.07, 6.45) is 15.3. The van der Waals surface area contributed by atoms with E-state index in [0.717, 1.165) is 43.4 Å². The van der Waals surface area contributed by atoms with Gasteiger partial charge in [-0.15, -0.1) is 0 Å². The number of allylic oxidation sites excluding steroid dienone is 1. The molecule has 0 aromatic carbocycles. The minimum atomic E-state index is -0.137. The third-order valence-corrected chi connectivity index (χ3v) is 12.5. The van der Waals surface area contributed by atoms with Crippen LogP contribution in [-0.2, 0) is 11.8 Å². The van der Waals surface area contributed by atoms with E-state index in [1.54, 1.807) is 22.5 Å². The lowest BCUT2D eigenvalue weighted by Crippen LogP contribution is -2.51. The van der Waals surface area contributed by atoms with Crippen molar-refractivity contribution in [2.24, 2.45) is 47.5 Å². The van der Waals surface area contributed by atoms with E-state index in [1.165, 1.54) is 32.1 Å². The molecule has 7 heteroatoms. The molecule has 2 amide bonds. The van der Waals surface area contributed by atoms with Crippen LogP contribution in [0.2, 0.25) is 0 Å². The van der Waals surface area contributed by atoms with Gasteiger partial charge in [-0.3, -0.25) is 14.3 Å². The number of carbonyl (C=O) groups is 2. The van der Waals surface area contributed by atoms with Crippen LogP contribution in [-0.4, -0.2) is 68.8 Å². The maximum absolute atomic E-state index is 13.2. The van der Waals surface area contributed by atoms with E-state index in [1.807, 2.05) is 16.8 Å². The summed E-state index contributed by atoms with van der Waals surface area (Å²) in [5.41, 5.74) is 2.72. The Kier molecular flexibility index (Phi) is 7.42. The van der Waals surface area contributed by atoms with Crippen molar-refractivity contribution in [3.8, 4) is 0 Å². The van der Waals surface area contributed by atoms with Gasteiger partial charge in [0.15, 0.2) is 0 Å². The highest BCUT2D eigenvalue weighted by Gasteiger charge is 2.59. The van der Waals surface area contributed by atoms with Crippen LogP contribution in [0.1, 0.15) is 95.5 Å². The molecule has 0 radical (unpaired) electrons. The summed E-state index contributed by atoms with van der Waals surface area (Å²) in [5, 5.41) is 14.5. The number of amides is 2. The number of hydrogen-bond donors (Lipinski definition) is 1. The number of nitrogens with zero attached hydrogens (tertiary/aromatic N) is 4. The largest absolute Gasteiger partial charge is 0.393 e. The van der Waals surface area contributed by atoms with Crippen molar-refractivity contribution < 1.29 is 14.7 Å². The molecule has 1 aromatic rings. The zero-order valence-corrected chi connectivity index (χ0v) is 25.1. The summed E-state index contributed by atoms with van der Waals surface area (Å²) in [6, 6.07) is 1.76. The van der Waals surface area contributed by atoms with E-state index in [2.05, 4.69) is 31.9 Å². The summed E-state index contributed by atoms with van der Waals surface area (Å²) in [4.78, 5) is 29.7. The Hall–Kier alpha value is -2.15. The Bertz CT molecular complexity index is 1150. The second-order valence-electron chi connectivity index (χ2n) is 14.4. The average Bonchev–Trinajstić information content (AvgIpc) is 3.54. The highest BCUT2D eigenvalue weighted by molar-refractivity contribution is 5.92. The van der Waals surface area contributed by atoms with Crippen molar-refractivity contribution in [1.82, 2.24) is 19.6 Å². The predicted molar refractivity (Wildman–Crippen MR) is 155 cm³/mol. The molecule has 6 rings (SSSR count). The number of piperazine rings is 1. The molecule has 220 valence electrons. The molecular weight excluding hydrogens is 500 g/mol. The van der Waals surface area contributed by atoms with Crippen LogP contribution >= 0.6 is 0 Å². The lowest BCUT2D eigenvalue weighted by atomic mass is 9.47. The third kappa shape index (κ3) is 4.74. The van der Waals surface area contributed by atoms with E-state index in [-0.39, 0.29) is 17.9 Å². The monoisotopic (exact) mass is 550 g/mol. The number of rotatable bonds is 5. The maximum atomic E-state index is 13.2. The summed E-state index contributed by atoms with van der Waals surface area (Å²) in [7, 11) is 1.82. The first kappa shape index (κ1) is 28.0. The standard InChI is InChI=1S/C33H50N4O3/c1-22(5-10-30(39)36-17-19-37(20-18-36)31(40)29-13-16-35(4)34-29)26-8-9-27-25-7-6-23-21-24(38)11-14-32(23,2)28(25)12-15-33(26,27)3/h6,13,16,22,24-28,38H,5,7-12,14-15,17-21H2,1-4H3/t22-,24+,25+,26-,27+,28+,32+,33-/m1/s1. The Morgan fingerprint density at radius 3 is 2.52 bits per heavy atom. The Labute approximate surface area is 240 Å². The maximum Gasteiger partial charge on any atom is 0.274 e. The molecule has 8 atom stereocenters. The summed E-state index contributed by atoms with van der Waals surface area (Å²) < 4.78 is 1.65. The fourth-order valence-corrected chi connectivity index (χ4v) is 10.2. The van der Waals surface area contributed by atoms with E-state index in [4.69, 9.17) is 0 Å². The van der Waals surface area contributed by atoms with E-state index in [9.17, 15) is 14.7 Å². The number of fused-ring (bicyclic) bond motifs is 5. The SMILES string of the molecule is C[C@H](CCC(=O)N1CCN(C(=O)c2ccn(C)n2)CC1)[C@H]1CC[C@H]2[C@@H]3CC=C4C[C@@H](O)CC[C@]4(C)[C@H]3CC[C@]12C. The van der Waals surface area contributed by atoms with Crippen LogP contribution in [0.5, 0.6) is 0 Å². The van der Waals surface area contributed by atoms with Gasteiger partial charge in [0.05, 0.1) is 6.10 Å². The van der Waals surface area contributed by atoms with Crippen LogP contribution < -0.4 is 0 Å². The van der Waals surface area contributed by atoms with Crippen molar-refractivity contribution in [1.29, 1.82) is 0 Å². The van der Waals surface area contributed by atoms with Crippen molar-refractivity contribution in [3.63, 3.8) is 0 Å². The molecule has 0 unspecified atom stereocenters. The number of hydrogen-bond acceptors (Lipinski definition) is 4. The van der Waals surface area contributed by atoms with Crippen molar-refractivity contribution in [3.05, 3.63) is 29.6 Å². The van der Waals surface area contributed by atoms with Gasteiger partial charge in [0, 0.05) is 45.8 Å². The Balaban J connectivity index is 1.02. The van der Waals surface area contributed by atoms with Crippen LogP contribution in [0.4, 0.5) is 0 Å². The number of aryl methyl sites for hydroxylation is 1. The summed E-state index contributed by atoms with van der Waals surface area (Å²) >= 11 is 0. The molecule has 5 aliphatic rings. The first-order valence-electron chi connectivity index (χ1n) is 16.0. The molecule has 0 spiro atoms. The van der Waals surface area contributed by atoms with Gasteiger partial charge < -0.3 is 14.9 Å². The highest BCUT2D eigenvalue weighted by atomic mass is 16.3. The minimum absolute atomic E-state index is 0.0418. The van der Waals surface area contributed by atoms with Gasteiger partial charge >= 0.3 is 0 Å². The van der Waals surface area contributed by atoms with E-state index >= 15 is 0 Å². The van der Waals surface area contributed by atoms with Crippen molar-refractivity contribution >= 4 is 11.8 Å². The molecule has 7 nitrogen and oxygen atoms in total. The van der Waals surface area contributed by atoms with Gasteiger partial charge in [-0.2, -0.15) is 5.10 Å². The topological polar surface area (TPSA) is 78.7 Å². The minimum Gasteiger partial charge on any atom is -0.393 e. The van der Waals surface area contributed by atoms with Crippen LogP contribution in [0.3, 0.4) is 0 Å². The molecule has 1 aromatic heterocycles. The van der Waals surface area contributed by atoms with Crippen LogP contribution in [0, 0.1) is 40.4 Å². The van der Waals surface area contributed by atoms with Gasteiger partial charge in [0.2, 0.25) is 5.91 Å². The van der Waals surface area contributed by atoms with E-state index < -0.39 is 0 Å². The Morgan fingerprint density at radius 1 is 1.05 bits per heavy atom. The molecule has 40 heavy (non-hydrogen) atoms. The molecule has 0 bridgehead atoms. The van der Waals surface area contributed by atoms with Gasteiger partial charge in [-0.05, 0) is 104 Å². The first-order valence-corrected chi connectivity index (χ1v) is 16.0. The van der Waals surface area contributed by atoms with Gasteiger partial charge in [-0.1, -0.05) is 32.4 Å². The zero-order valence-electron chi connectivity index (χ0n) is 25.1. The quantitative estimate of drug-likeness (QED) is 0.520. The van der Waals surface area contributed by atoms with E-state index in [0.29, 0.717) is 61.0 Å². The molecule has 1 saturated heterocycles. The average molecular weight is 551 g/mol. The normalized spacial score (nSPS) is 38.2. The molecule has 4 aliphatic carbocycles. The number of aliphatic hydroxyl groups excluding tert-OH is 1. The van der Waals surface area contributed by atoms with Gasteiger partial charge in [-0.25, -0.2) is 0 Å². The second-order valence-corrected chi connectivity index (χ2v) is 14.4. The number of aromatic nitrogens is 2. The smallest absolute Gasteiger partial charge is 0.274 e. The predicted octanol–water partition coefficient (Wildman–Crippen LogP) is 5.06. The van der Waals surface area contributed by atoms with Gasteiger partial charge in [0.25, 0.3) is 5.91 Å². The number of carbonyl (C=O) groups excluding carboxylic acids is 2. The lowest BCUT2D eigenvalue weighted by molar-refractivity contribution is -0.133. The molecule has 3 saturated carbocycles. The van der Waals surface area contributed by atoms with Gasteiger partial charge in [0.1, 0.15) is 5.69 Å². The summed E-state index contributed by atoms with van der Waals surface area (Å²) in [6.45, 7) is 9.90. The van der Waals surface area contributed by atoms with Crippen LogP contribution in [0.15, 0.2) is 23.9 Å². The van der Waals surface area contributed by atoms with Crippen molar-refractivity contribution in [2.45, 2.75) is 91.1 Å². The lowest BCUT2D eigenvalue weighted by Gasteiger charge is -2.58. The summed E-state index contributed by atoms with van der Waals surface area (Å²) in [5.74, 6) is 3.81. The highest BCUT2D eigenvalue weighted by Crippen LogP contribution is 2.67. The molecular formula is C33H50N4O3. The fourth-order valence-electron chi connectivity index (χ4n) is 10.2. The van der Waals surface area contributed by atoms with Crippen molar-refractivity contribution in [2.75, 3.05) is 26.2 Å². The molecule has 2 heterocycles. The molecule has 4 fully saturated rings. The molecule has 1 aliphatic heterocycles. The third-order valence-electron chi connectivity index (χ3n) is 12.5. The first-order chi connectivity index (χ1) is 19.1. The fraction of sp³-hybridized carbons (Fsp3) is 0.788. The second kappa shape index (κ2) is 10.6. The molecule has 1 N–H and O–H groups in total. The zero-order chi connectivity index (χ0) is 28.2. The number of aliphatic hydroxyl groups is 1. The Morgan fingerprint density at radius 2 is 1.80 bits per heavy atom. The van der Waals surface area contributed by atoms with Crippen LogP contribution in [0.25, 0.3) is 0 Å².